The number of carbonyl (C=O) groups is 1. The minimum Gasteiger partial charge on any atom is -0.338 e. The van der Waals surface area contributed by atoms with Crippen molar-refractivity contribution in [3.05, 3.63) is 52.0 Å². The number of aromatic amines is 1. The summed E-state index contributed by atoms with van der Waals surface area (Å²) >= 11 is 0. The average molecular weight is 380 g/mol. The molecule has 1 atom stereocenters. The molecule has 2 aliphatic heterocycles. The zero-order valence-electron chi connectivity index (χ0n) is 15.5. The largest absolute Gasteiger partial charge is 0.338 e. The van der Waals surface area contributed by atoms with Crippen molar-refractivity contribution in [1.82, 2.24) is 30.1 Å². The molecule has 0 radical (unpaired) electrons. The van der Waals surface area contributed by atoms with E-state index in [1.54, 1.807) is 29.2 Å². The van der Waals surface area contributed by atoms with Crippen molar-refractivity contribution >= 4 is 16.7 Å². The molecule has 1 unspecified atom stereocenters. The van der Waals surface area contributed by atoms with Gasteiger partial charge in [-0.3, -0.25) is 14.5 Å². The summed E-state index contributed by atoms with van der Waals surface area (Å²) in [6, 6.07) is 7.18. The van der Waals surface area contributed by atoms with Crippen LogP contribution >= 0.6 is 0 Å². The van der Waals surface area contributed by atoms with E-state index in [-0.39, 0.29) is 29.1 Å². The molecule has 2 aromatic heterocycles. The molecule has 0 bridgehead atoms. The summed E-state index contributed by atoms with van der Waals surface area (Å²) in [7, 11) is 2.06. The van der Waals surface area contributed by atoms with Crippen LogP contribution in [0, 0.1) is 0 Å². The summed E-state index contributed by atoms with van der Waals surface area (Å²) in [5.41, 5.74) is -0.0418. The Morgan fingerprint density at radius 2 is 2.04 bits per heavy atom. The lowest BCUT2D eigenvalue weighted by Crippen LogP contribution is -2.49. The number of nitrogens with one attached hydrogen (secondary N) is 1. The van der Waals surface area contributed by atoms with Crippen LogP contribution in [-0.2, 0) is 0 Å². The van der Waals surface area contributed by atoms with E-state index in [2.05, 4.69) is 32.3 Å². The van der Waals surface area contributed by atoms with Crippen molar-refractivity contribution in [3.63, 3.8) is 0 Å². The first-order valence-electron chi connectivity index (χ1n) is 9.42. The van der Waals surface area contributed by atoms with Gasteiger partial charge in [0.2, 0.25) is 5.89 Å². The van der Waals surface area contributed by atoms with E-state index in [1.807, 2.05) is 0 Å². The maximum Gasteiger partial charge on any atom is 0.274 e. The van der Waals surface area contributed by atoms with E-state index in [0.717, 1.165) is 19.4 Å². The molecule has 2 fully saturated rings. The highest BCUT2D eigenvalue weighted by Crippen LogP contribution is 2.32. The van der Waals surface area contributed by atoms with Crippen LogP contribution in [0.5, 0.6) is 0 Å². The van der Waals surface area contributed by atoms with Gasteiger partial charge in [0, 0.05) is 18.5 Å². The van der Waals surface area contributed by atoms with Crippen LogP contribution in [0.3, 0.4) is 0 Å². The molecule has 9 heteroatoms. The van der Waals surface area contributed by atoms with Crippen molar-refractivity contribution in [2.45, 2.75) is 24.8 Å². The van der Waals surface area contributed by atoms with Gasteiger partial charge in [0.25, 0.3) is 11.5 Å². The third kappa shape index (κ3) is 2.70. The summed E-state index contributed by atoms with van der Waals surface area (Å²) in [5.74, 6) is 1.16. The maximum absolute atomic E-state index is 12.9. The second kappa shape index (κ2) is 6.52. The van der Waals surface area contributed by atoms with Crippen molar-refractivity contribution in [1.29, 1.82) is 0 Å². The minimum atomic E-state index is -0.301. The Morgan fingerprint density at radius 1 is 1.25 bits per heavy atom. The van der Waals surface area contributed by atoms with Crippen LogP contribution < -0.4 is 5.56 Å². The Kier molecular flexibility index (Phi) is 3.97. The van der Waals surface area contributed by atoms with Gasteiger partial charge >= 0.3 is 0 Å². The molecule has 2 aliphatic rings. The first kappa shape index (κ1) is 17.1. The molecule has 0 saturated carbocycles. The number of nitrogens with zero attached hydrogens (tertiary/aromatic N) is 5. The molecule has 9 nitrogen and oxygen atoms in total. The van der Waals surface area contributed by atoms with E-state index in [4.69, 9.17) is 4.52 Å². The summed E-state index contributed by atoms with van der Waals surface area (Å²) in [5, 5.41) is 11.6. The number of hydrogen-bond donors (Lipinski definition) is 1. The van der Waals surface area contributed by atoms with E-state index in [1.165, 1.54) is 0 Å². The number of rotatable bonds is 3. The normalized spacial score (nSPS) is 20.6. The molecule has 0 spiro atoms. The molecule has 1 amide bonds. The fourth-order valence-corrected chi connectivity index (χ4v) is 4.01. The number of likely N-dealkylation sites (tertiary alicyclic amines) is 2. The van der Waals surface area contributed by atoms with Gasteiger partial charge in [-0.1, -0.05) is 23.4 Å². The Bertz CT molecular complexity index is 1100. The minimum absolute atomic E-state index is 0.0576. The number of carbonyl (C=O) groups excluding carboxylic acids is 1. The van der Waals surface area contributed by atoms with Crippen molar-refractivity contribution in [2.24, 2.45) is 0 Å². The third-order valence-corrected chi connectivity index (χ3v) is 5.70. The monoisotopic (exact) mass is 380 g/mol. The van der Waals surface area contributed by atoms with Crippen LogP contribution in [0.25, 0.3) is 10.8 Å². The SMILES string of the molecule is CN1CCCC1c1nc(C2CN(C(=O)c3n[nH]c(=O)c4ccccc34)C2)no1. The van der Waals surface area contributed by atoms with Gasteiger partial charge in [-0.15, -0.1) is 0 Å². The highest BCUT2D eigenvalue weighted by molar-refractivity contribution is 6.05. The predicted molar refractivity (Wildman–Crippen MR) is 99.9 cm³/mol. The highest BCUT2D eigenvalue weighted by Gasteiger charge is 2.37. The fourth-order valence-electron chi connectivity index (χ4n) is 4.01. The molecule has 144 valence electrons. The van der Waals surface area contributed by atoms with Gasteiger partial charge in [-0.25, -0.2) is 5.10 Å². The first-order chi connectivity index (χ1) is 13.6. The summed E-state index contributed by atoms with van der Waals surface area (Å²) < 4.78 is 5.47. The lowest BCUT2D eigenvalue weighted by Gasteiger charge is -2.37. The first-order valence-corrected chi connectivity index (χ1v) is 9.42. The molecular formula is C19H20N6O3. The van der Waals surface area contributed by atoms with E-state index >= 15 is 0 Å². The van der Waals surface area contributed by atoms with Crippen molar-refractivity contribution < 1.29 is 9.32 Å². The lowest BCUT2D eigenvalue weighted by molar-refractivity contribution is 0.0587. The standard InChI is InChI=1S/C19H20N6O3/c1-24-8-4-7-14(24)18-20-16(23-28-18)11-9-25(10-11)19(27)15-12-5-2-3-6-13(12)17(26)22-21-15/h2-3,5-6,11,14H,4,7-10H2,1H3,(H,22,26). The van der Waals surface area contributed by atoms with Gasteiger partial charge in [-0.05, 0) is 32.5 Å². The third-order valence-electron chi connectivity index (χ3n) is 5.70. The zero-order valence-corrected chi connectivity index (χ0v) is 15.5. The maximum atomic E-state index is 12.9. The van der Waals surface area contributed by atoms with Crippen LogP contribution in [-0.4, -0.2) is 62.7 Å². The summed E-state index contributed by atoms with van der Waals surface area (Å²) in [4.78, 5) is 33.2. The Morgan fingerprint density at radius 3 is 2.79 bits per heavy atom. The Balaban J connectivity index is 1.31. The second-order valence-corrected chi connectivity index (χ2v) is 7.48. The zero-order chi connectivity index (χ0) is 19.3. The quantitative estimate of drug-likeness (QED) is 0.730. The lowest BCUT2D eigenvalue weighted by atomic mass is 9.98. The van der Waals surface area contributed by atoms with E-state index < -0.39 is 0 Å². The highest BCUT2D eigenvalue weighted by atomic mass is 16.5. The van der Waals surface area contributed by atoms with Crippen LogP contribution in [0.1, 0.15) is 47.0 Å². The predicted octanol–water partition coefficient (Wildman–Crippen LogP) is 1.31. The second-order valence-electron chi connectivity index (χ2n) is 7.48. The smallest absolute Gasteiger partial charge is 0.274 e. The molecule has 1 N–H and O–H groups in total. The van der Waals surface area contributed by atoms with Crippen molar-refractivity contribution in [2.75, 3.05) is 26.7 Å². The molecule has 3 aromatic rings. The van der Waals surface area contributed by atoms with E-state index in [9.17, 15) is 9.59 Å². The molecule has 4 heterocycles. The Hall–Kier alpha value is -3.07. The van der Waals surface area contributed by atoms with Crippen molar-refractivity contribution in [3.8, 4) is 0 Å². The molecule has 2 saturated heterocycles. The van der Waals surface area contributed by atoms with Gasteiger partial charge in [-0.2, -0.15) is 10.1 Å². The van der Waals surface area contributed by atoms with Gasteiger partial charge in [0.1, 0.15) is 0 Å². The average Bonchev–Trinajstić information content (AvgIpc) is 3.30. The van der Waals surface area contributed by atoms with Gasteiger partial charge in [0.05, 0.1) is 17.3 Å². The molecule has 5 rings (SSSR count). The topological polar surface area (TPSA) is 108 Å². The number of fused-ring (bicyclic) bond motifs is 1. The number of amides is 1. The number of hydrogen-bond acceptors (Lipinski definition) is 7. The number of aromatic nitrogens is 4. The molecule has 28 heavy (non-hydrogen) atoms. The Labute approximate surface area is 160 Å². The summed E-state index contributed by atoms with van der Waals surface area (Å²) in [6.07, 6.45) is 2.16. The fraction of sp³-hybridized carbons (Fsp3) is 0.421. The van der Waals surface area contributed by atoms with Gasteiger partial charge in [0.15, 0.2) is 11.5 Å². The molecular weight excluding hydrogens is 360 g/mol. The number of H-pyrrole nitrogens is 1. The van der Waals surface area contributed by atoms with Crippen LogP contribution in [0.15, 0.2) is 33.6 Å². The molecule has 1 aromatic carbocycles. The van der Waals surface area contributed by atoms with Gasteiger partial charge < -0.3 is 9.42 Å². The van der Waals surface area contributed by atoms with E-state index in [0.29, 0.717) is 35.6 Å². The van der Waals surface area contributed by atoms with Crippen LogP contribution in [0.2, 0.25) is 0 Å². The van der Waals surface area contributed by atoms with Crippen LogP contribution in [0.4, 0.5) is 0 Å². The number of benzene rings is 1. The molecule has 0 aliphatic carbocycles. The summed E-state index contributed by atoms with van der Waals surface area (Å²) in [6.45, 7) is 2.05.